The van der Waals surface area contributed by atoms with E-state index in [0.29, 0.717) is 18.1 Å². The van der Waals surface area contributed by atoms with E-state index in [2.05, 4.69) is 0 Å². The van der Waals surface area contributed by atoms with Gasteiger partial charge in [0.15, 0.2) is 11.5 Å². The molecule has 0 fully saturated rings. The smallest absolute Gasteiger partial charge is 0.335 e. The zero-order valence-corrected chi connectivity index (χ0v) is 11.3. The van der Waals surface area contributed by atoms with E-state index in [0.717, 1.165) is 6.54 Å². The Labute approximate surface area is 111 Å². The van der Waals surface area contributed by atoms with Gasteiger partial charge in [0.05, 0.1) is 17.7 Å². The zero-order valence-electron chi connectivity index (χ0n) is 10.6. The summed E-state index contributed by atoms with van der Waals surface area (Å²) in [5.41, 5.74) is 0.0665. The molecule has 1 rings (SSSR count). The molecular weight excluding hydrogens is 258 g/mol. The number of rotatable bonds is 6. The molecule has 0 amide bonds. The first kappa shape index (κ1) is 14.6. The number of likely N-dealkylation sites (N-methyl/N-ethyl adjacent to an activating group) is 1. The number of carbonyl (C=O) groups is 1. The molecule has 1 aromatic rings. The van der Waals surface area contributed by atoms with Crippen molar-refractivity contribution in [1.82, 2.24) is 4.90 Å². The van der Waals surface area contributed by atoms with E-state index in [1.165, 1.54) is 19.2 Å². The Balaban J connectivity index is 2.93. The second-order valence-corrected chi connectivity index (χ2v) is 4.35. The zero-order chi connectivity index (χ0) is 13.7. The average molecular weight is 274 g/mol. The number of hydrogen-bond donors (Lipinski definition) is 1. The number of nitrogens with zero attached hydrogens (tertiary/aromatic N) is 1. The number of aromatic carboxylic acids is 1. The Hall–Kier alpha value is -1.46. The lowest BCUT2D eigenvalue weighted by Crippen LogP contribution is -2.19. The van der Waals surface area contributed by atoms with Crippen molar-refractivity contribution in [3.8, 4) is 11.5 Å². The van der Waals surface area contributed by atoms with Gasteiger partial charge in [0.1, 0.15) is 6.61 Å². The molecule has 18 heavy (non-hydrogen) atoms. The molecule has 0 saturated heterocycles. The first-order valence-corrected chi connectivity index (χ1v) is 5.72. The average Bonchev–Trinajstić information content (AvgIpc) is 2.29. The second-order valence-electron chi connectivity index (χ2n) is 3.95. The van der Waals surface area contributed by atoms with Crippen LogP contribution in [0.25, 0.3) is 0 Å². The third-order valence-corrected chi connectivity index (χ3v) is 2.54. The maximum atomic E-state index is 10.9. The lowest BCUT2D eigenvalue weighted by molar-refractivity contribution is 0.0696. The molecule has 0 aliphatic rings. The minimum Gasteiger partial charge on any atom is -0.493 e. The van der Waals surface area contributed by atoms with Gasteiger partial charge in [-0.1, -0.05) is 11.6 Å². The van der Waals surface area contributed by atoms with Gasteiger partial charge in [0, 0.05) is 6.54 Å². The molecule has 0 unspecified atom stereocenters. The van der Waals surface area contributed by atoms with Crippen LogP contribution >= 0.6 is 11.6 Å². The molecular formula is C12H16ClNO4. The van der Waals surface area contributed by atoms with Gasteiger partial charge in [-0.2, -0.15) is 0 Å². The summed E-state index contributed by atoms with van der Waals surface area (Å²) in [7, 11) is 5.29. The molecule has 1 aromatic carbocycles. The summed E-state index contributed by atoms with van der Waals surface area (Å²) < 4.78 is 10.6. The van der Waals surface area contributed by atoms with E-state index < -0.39 is 5.97 Å². The van der Waals surface area contributed by atoms with Crippen molar-refractivity contribution in [1.29, 1.82) is 0 Å². The standard InChI is InChI=1S/C12H16ClNO4/c1-14(2)4-5-18-11-9(13)6-8(12(15)16)7-10(11)17-3/h6-7H,4-5H2,1-3H3,(H,15,16). The molecule has 0 aliphatic heterocycles. The van der Waals surface area contributed by atoms with Gasteiger partial charge in [0.25, 0.3) is 0 Å². The maximum absolute atomic E-state index is 10.9. The number of ether oxygens (including phenoxy) is 2. The van der Waals surface area contributed by atoms with Crippen LogP contribution in [0.2, 0.25) is 5.02 Å². The number of benzene rings is 1. The Morgan fingerprint density at radius 3 is 2.61 bits per heavy atom. The fraction of sp³-hybridized carbons (Fsp3) is 0.417. The molecule has 0 saturated carbocycles. The van der Waals surface area contributed by atoms with Gasteiger partial charge < -0.3 is 19.5 Å². The highest BCUT2D eigenvalue weighted by Gasteiger charge is 2.15. The van der Waals surface area contributed by atoms with E-state index in [1.807, 2.05) is 19.0 Å². The van der Waals surface area contributed by atoms with Crippen LogP contribution in [0.1, 0.15) is 10.4 Å². The normalized spacial score (nSPS) is 10.5. The number of methoxy groups -OCH3 is 1. The fourth-order valence-corrected chi connectivity index (χ4v) is 1.58. The maximum Gasteiger partial charge on any atom is 0.335 e. The molecule has 1 N–H and O–H groups in total. The third kappa shape index (κ3) is 3.78. The van der Waals surface area contributed by atoms with Crippen LogP contribution in [-0.4, -0.2) is 50.3 Å². The molecule has 0 radical (unpaired) electrons. The van der Waals surface area contributed by atoms with Crippen LogP contribution in [0.3, 0.4) is 0 Å². The molecule has 0 heterocycles. The van der Waals surface area contributed by atoms with Crippen LogP contribution in [0, 0.1) is 0 Å². The van der Waals surface area contributed by atoms with Gasteiger partial charge in [-0.25, -0.2) is 4.79 Å². The van der Waals surface area contributed by atoms with Gasteiger partial charge >= 0.3 is 5.97 Å². The number of carboxylic acid groups (broad SMARTS) is 1. The van der Waals surface area contributed by atoms with E-state index >= 15 is 0 Å². The van der Waals surface area contributed by atoms with Crippen LogP contribution in [-0.2, 0) is 0 Å². The summed E-state index contributed by atoms with van der Waals surface area (Å²) in [6.07, 6.45) is 0. The van der Waals surface area contributed by atoms with Gasteiger partial charge in [0.2, 0.25) is 0 Å². The molecule has 5 nitrogen and oxygen atoms in total. The second kappa shape index (κ2) is 6.47. The third-order valence-electron chi connectivity index (χ3n) is 2.26. The lowest BCUT2D eigenvalue weighted by atomic mass is 10.2. The van der Waals surface area contributed by atoms with Crippen molar-refractivity contribution >= 4 is 17.6 Å². The highest BCUT2D eigenvalue weighted by molar-refractivity contribution is 6.32. The summed E-state index contributed by atoms with van der Waals surface area (Å²) in [6.45, 7) is 1.16. The SMILES string of the molecule is COc1cc(C(=O)O)cc(Cl)c1OCCN(C)C. The van der Waals surface area contributed by atoms with Crippen LogP contribution in [0.4, 0.5) is 0 Å². The minimum absolute atomic E-state index is 0.0665. The highest BCUT2D eigenvalue weighted by atomic mass is 35.5. The fourth-order valence-electron chi connectivity index (χ4n) is 1.31. The van der Waals surface area contributed by atoms with Crippen molar-refractivity contribution in [2.75, 3.05) is 34.4 Å². The van der Waals surface area contributed by atoms with E-state index in [4.69, 9.17) is 26.2 Å². The predicted molar refractivity (Wildman–Crippen MR) is 69.0 cm³/mol. The minimum atomic E-state index is -1.06. The Kier molecular flexibility index (Phi) is 5.25. The van der Waals surface area contributed by atoms with Gasteiger partial charge in [-0.15, -0.1) is 0 Å². The lowest BCUT2D eigenvalue weighted by Gasteiger charge is -2.15. The van der Waals surface area contributed by atoms with Crippen molar-refractivity contribution in [2.24, 2.45) is 0 Å². The molecule has 0 bridgehead atoms. The summed E-state index contributed by atoms with van der Waals surface area (Å²) in [6, 6.07) is 2.73. The highest BCUT2D eigenvalue weighted by Crippen LogP contribution is 2.36. The summed E-state index contributed by atoms with van der Waals surface area (Å²) >= 11 is 5.99. The summed E-state index contributed by atoms with van der Waals surface area (Å²) in [5, 5.41) is 9.13. The van der Waals surface area contributed by atoms with Crippen molar-refractivity contribution in [3.63, 3.8) is 0 Å². The van der Waals surface area contributed by atoms with E-state index in [9.17, 15) is 4.79 Å². The quantitative estimate of drug-likeness (QED) is 0.859. The van der Waals surface area contributed by atoms with Crippen LogP contribution in [0.5, 0.6) is 11.5 Å². The van der Waals surface area contributed by atoms with Crippen molar-refractivity contribution in [2.45, 2.75) is 0 Å². The largest absolute Gasteiger partial charge is 0.493 e. The van der Waals surface area contributed by atoms with Crippen LogP contribution < -0.4 is 9.47 Å². The van der Waals surface area contributed by atoms with Crippen LogP contribution in [0.15, 0.2) is 12.1 Å². The molecule has 0 atom stereocenters. The summed E-state index contributed by atoms with van der Waals surface area (Å²) in [4.78, 5) is 12.8. The van der Waals surface area contributed by atoms with Crippen molar-refractivity contribution < 1.29 is 19.4 Å². The van der Waals surface area contributed by atoms with Gasteiger partial charge in [-0.05, 0) is 26.2 Å². The molecule has 0 spiro atoms. The Morgan fingerprint density at radius 2 is 2.11 bits per heavy atom. The topological polar surface area (TPSA) is 59.0 Å². The van der Waals surface area contributed by atoms with Crippen molar-refractivity contribution in [3.05, 3.63) is 22.7 Å². The number of halogens is 1. The molecule has 0 aromatic heterocycles. The van der Waals surface area contributed by atoms with E-state index in [-0.39, 0.29) is 10.6 Å². The summed E-state index contributed by atoms with van der Waals surface area (Å²) in [5.74, 6) is -0.375. The number of hydrogen-bond acceptors (Lipinski definition) is 4. The Bertz CT molecular complexity index is 434. The monoisotopic (exact) mass is 273 g/mol. The Morgan fingerprint density at radius 1 is 1.44 bits per heavy atom. The molecule has 6 heteroatoms. The first-order valence-electron chi connectivity index (χ1n) is 5.34. The first-order chi connectivity index (χ1) is 8.45. The number of carboxylic acids is 1. The molecule has 0 aliphatic carbocycles. The molecule has 100 valence electrons. The van der Waals surface area contributed by atoms with Gasteiger partial charge in [-0.3, -0.25) is 0 Å². The van der Waals surface area contributed by atoms with E-state index in [1.54, 1.807) is 0 Å². The predicted octanol–water partition coefficient (Wildman–Crippen LogP) is 1.99.